The summed E-state index contributed by atoms with van der Waals surface area (Å²) in [5.74, 6) is 1.87. The molecular formula is C60H41N3O. The predicted molar refractivity (Wildman–Crippen MR) is 263 cm³/mol. The first-order valence-corrected chi connectivity index (χ1v) is 21.8. The van der Waals surface area contributed by atoms with Crippen LogP contribution in [-0.2, 0) is 5.41 Å². The van der Waals surface area contributed by atoms with Gasteiger partial charge in [0.15, 0.2) is 17.5 Å². The van der Waals surface area contributed by atoms with E-state index in [2.05, 4.69) is 208 Å². The molecule has 4 heteroatoms. The first kappa shape index (κ1) is 37.5. The second kappa shape index (κ2) is 15.0. The number of benzene rings is 9. The first-order chi connectivity index (χ1) is 31.4. The number of nitrogens with zero attached hydrogens (tertiary/aromatic N) is 3. The van der Waals surface area contributed by atoms with Gasteiger partial charge in [-0.3, -0.25) is 0 Å². The van der Waals surface area contributed by atoms with Crippen molar-refractivity contribution in [3.63, 3.8) is 0 Å². The molecule has 64 heavy (non-hydrogen) atoms. The highest BCUT2D eigenvalue weighted by atomic mass is 16.3. The highest BCUT2D eigenvalue weighted by Gasteiger charge is 2.35. The summed E-state index contributed by atoms with van der Waals surface area (Å²) in [4.78, 5) is 15.6. The first-order valence-electron chi connectivity index (χ1n) is 21.8. The minimum atomic E-state index is -0.0963. The van der Waals surface area contributed by atoms with Crippen molar-refractivity contribution >= 4 is 21.9 Å². The summed E-state index contributed by atoms with van der Waals surface area (Å²) in [7, 11) is 0. The Labute approximate surface area is 372 Å². The van der Waals surface area contributed by atoms with Crippen molar-refractivity contribution in [2.24, 2.45) is 0 Å². The van der Waals surface area contributed by atoms with Gasteiger partial charge < -0.3 is 4.42 Å². The van der Waals surface area contributed by atoms with Crippen LogP contribution in [0.2, 0.25) is 0 Å². The second-order valence-corrected chi connectivity index (χ2v) is 17.2. The second-order valence-electron chi connectivity index (χ2n) is 17.2. The van der Waals surface area contributed by atoms with E-state index >= 15 is 0 Å². The summed E-state index contributed by atoms with van der Waals surface area (Å²) in [6.07, 6.45) is 0. The highest BCUT2D eigenvalue weighted by molar-refractivity contribution is 6.13. The molecule has 0 bridgehead atoms. The van der Waals surface area contributed by atoms with Crippen molar-refractivity contribution in [2.75, 3.05) is 0 Å². The quantitative estimate of drug-likeness (QED) is 0.161. The van der Waals surface area contributed by atoms with E-state index in [9.17, 15) is 0 Å². The minimum absolute atomic E-state index is 0.0963. The lowest BCUT2D eigenvalue weighted by molar-refractivity contribution is 0.660. The van der Waals surface area contributed by atoms with Crippen LogP contribution in [-0.4, -0.2) is 15.0 Å². The Balaban J connectivity index is 0.993. The van der Waals surface area contributed by atoms with Gasteiger partial charge in [0.05, 0.1) is 0 Å². The summed E-state index contributed by atoms with van der Waals surface area (Å²) in [5, 5.41) is 2.19. The van der Waals surface area contributed by atoms with E-state index in [-0.39, 0.29) is 5.41 Å². The maximum Gasteiger partial charge on any atom is 0.164 e. The standard InChI is InChI=1S/C60H41N3O/c1-60(2)52-23-13-12-21-49(52)51-36-44(30-32-53(51)60)58-61-57(42-19-10-5-11-20-42)62-59(63-58)47-34-45(39-17-8-4-9-18-39)33-46(35-47)43-29-31-50-55(37-43)64-54-24-14-22-48(56(50)54)41-27-25-40(26-28-41)38-15-6-3-7-16-38/h3-37H,1-2H3. The van der Waals surface area contributed by atoms with E-state index in [1.807, 2.05) is 18.2 Å². The fourth-order valence-electron chi connectivity index (χ4n) is 9.65. The molecule has 0 aliphatic heterocycles. The van der Waals surface area contributed by atoms with Crippen LogP contribution < -0.4 is 0 Å². The molecule has 9 aromatic carbocycles. The van der Waals surface area contributed by atoms with Gasteiger partial charge in [0.2, 0.25) is 0 Å². The largest absolute Gasteiger partial charge is 0.456 e. The van der Waals surface area contributed by atoms with Crippen molar-refractivity contribution in [1.82, 2.24) is 15.0 Å². The van der Waals surface area contributed by atoms with Crippen LogP contribution in [0.5, 0.6) is 0 Å². The molecule has 0 N–H and O–H groups in total. The number of fused-ring (bicyclic) bond motifs is 6. The van der Waals surface area contributed by atoms with Gasteiger partial charge in [0, 0.05) is 32.9 Å². The van der Waals surface area contributed by atoms with Crippen molar-refractivity contribution < 1.29 is 4.42 Å². The fraction of sp³-hybridized carbons (Fsp3) is 0.0500. The summed E-state index contributed by atoms with van der Waals surface area (Å²) in [6, 6.07) is 75.0. The van der Waals surface area contributed by atoms with Crippen molar-refractivity contribution in [3.05, 3.63) is 223 Å². The Morgan fingerprint density at radius 3 is 1.53 bits per heavy atom. The molecule has 1 aliphatic rings. The maximum atomic E-state index is 6.66. The molecule has 0 radical (unpaired) electrons. The van der Waals surface area contributed by atoms with E-state index in [1.54, 1.807) is 0 Å². The predicted octanol–water partition coefficient (Wildman–Crippen LogP) is 15.7. The highest BCUT2D eigenvalue weighted by Crippen LogP contribution is 2.49. The lowest BCUT2D eigenvalue weighted by Gasteiger charge is -2.21. The average Bonchev–Trinajstić information content (AvgIpc) is 3.85. The Hall–Kier alpha value is -8.21. The number of hydrogen-bond acceptors (Lipinski definition) is 4. The molecule has 0 saturated carbocycles. The zero-order valence-electron chi connectivity index (χ0n) is 35.5. The SMILES string of the molecule is CC1(C)c2ccccc2-c2cc(-c3nc(-c4ccccc4)nc(-c4cc(-c5ccccc5)cc(-c5ccc6c(c5)oc5cccc(-c7ccc(-c8ccccc8)cc7)c56)c4)n3)ccc21. The molecule has 0 unspecified atom stereocenters. The van der Waals surface area contributed by atoms with Gasteiger partial charge in [-0.25, -0.2) is 15.0 Å². The minimum Gasteiger partial charge on any atom is -0.456 e. The lowest BCUT2D eigenvalue weighted by atomic mass is 9.82. The topological polar surface area (TPSA) is 51.8 Å². The summed E-state index contributed by atoms with van der Waals surface area (Å²) < 4.78 is 6.66. The Bertz CT molecular complexity index is 3560. The smallest absolute Gasteiger partial charge is 0.164 e. The summed E-state index contributed by atoms with van der Waals surface area (Å²) in [6.45, 7) is 4.61. The van der Waals surface area contributed by atoms with Gasteiger partial charge in [0.1, 0.15) is 11.2 Å². The van der Waals surface area contributed by atoms with Gasteiger partial charge in [-0.1, -0.05) is 184 Å². The van der Waals surface area contributed by atoms with Crippen LogP contribution in [0, 0.1) is 0 Å². The molecule has 11 aromatic rings. The molecule has 0 saturated heterocycles. The van der Waals surface area contributed by atoms with Crippen LogP contribution in [0.1, 0.15) is 25.0 Å². The zero-order chi connectivity index (χ0) is 42.8. The molecule has 0 fully saturated rings. The van der Waals surface area contributed by atoms with Crippen molar-refractivity contribution in [2.45, 2.75) is 19.3 Å². The lowest BCUT2D eigenvalue weighted by Crippen LogP contribution is -2.14. The normalized spacial score (nSPS) is 12.7. The number of aromatic nitrogens is 3. The Morgan fingerprint density at radius 2 is 0.812 bits per heavy atom. The molecular weight excluding hydrogens is 779 g/mol. The van der Waals surface area contributed by atoms with Crippen LogP contribution in [0.4, 0.5) is 0 Å². The van der Waals surface area contributed by atoms with E-state index in [0.29, 0.717) is 17.5 Å². The van der Waals surface area contributed by atoms with Crippen LogP contribution >= 0.6 is 0 Å². The third kappa shape index (κ3) is 6.42. The molecule has 0 spiro atoms. The molecule has 4 nitrogen and oxygen atoms in total. The molecule has 0 atom stereocenters. The van der Waals surface area contributed by atoms with Gasteiger partial charge in [-0.05, 0) is 109 Å². The van der Waals surface area contributed by atoms with Crippen LogP contribution in [0.3, 0.4) is 0 Å². The Morgan fingerprint density at radius 1 is 0.312 bits per heavy atom. The molecule has 2 aromatic heterocycles. The number of hydrogen-bond donors (Lipinski definition) is 0. The van der Waals surface area contributed by atoms with Gasteiger partial charge in [-0.2, -0.15) is 0 Å². The van der Waals surface area contributed by atoms with Crippen LogP contribution in [0.15, 0.2) is 217 Å². The van der Waals surface area contributed by atoms with Crippen LogP contribution in [0.25, 0.3) is 112 Å². The van der Waals surface area contributed by atoms with Crippen molar-refractivity contribution in [3.8, 4) is 89.8 Å². The van der Waals surface area contributed by atoms with E-state index < -0.39 is 0 Å². The molecule has 2 heterocycles. The fourth-order valence-corrected chi connectivity index (χ4v) is 9.65. The number of furan rings is 1. The number of rotatable bonds is 7. The Kier molecular flexibility index (Phi) is 8.80. The monoisotopic (exact) mass is 819 g/mol. The molecule has 302 valence electrons. The average molecular weight is 820 g/mol. The van der Waals surface area contributed by atoms with E-state index in [1.165, 1.54) is 33.4 Å². The van der Waals surface area contributed by atoms with Gasteiger partial charge in [0.25, 0.3) is 0 Å². The molecule has 1 aliphatic carbocycles. The maximum absolute atomic E-state index is 6.66. The van der Waals surface area contributed by atoms with E-state index in [0.717, 1.165) is 72.0 Å². The van der Waals surface area contributed by atoms with Gasteiger partial charge in [-0.15, -0.1) is 0 Å². The molecule has 12 rings (SSSR count). The summed E-state index contributed by atoms with van der Waals surface area (Å²) in [5.41, 5.74) is 18.5. The van der Waals surface area contributed by atoms with Gasteiger partial charge >= 0.3 is 0 Å². The van der Waals surface area contributed by atoms with E-state index in [4.69, 9.17) is 19.4 Å². The molecule has 0 amide bonds. The summed E-state index contributed by atoms with van der Waals surface area (Å²) >= 11 is 0. The third-order valence-electron chi connectivity index (χ3n) is 12.9. The zero-order valence-corrected chi connectivity index (χ0v) is 35.5. The third-order valence-corrected chi connectivity index (χ3v) is 12.9. The van der Waals surface area contributed by atoms with Crippen molar-refractivity contribution in [1.29, 1.82) is 0 Å².